The molecule has 3 aromatic rings. The molecule has 2 heteroatoms. The van der Waals surface area contributed by atoms with Crippen molar-refractivity contribution >= 4 is 11.9 Å². The van der Waals surface area contributed by atoms with Gasteiger partial charge in [-0.05, 0) is 35.9 Å². The van der Waals surface area contributed by atoms with Crippen LogP contribution in [0, 0.1) is 11.8 Å². The topological polar surface area (TPSA) is 26.3 Å². The number of ether oxygens (including phenoxy) is 1. The highest BCUT2D eigenvalue weighted by Gasteiger charge is 2.10. The number of hydrogen-bond acceptors (Lipinski definition) is 2. The van der Waals surface area contributed by atoms with Gasteiger partial charge in [-0.1, -0.05) is 72.5 Å². The van der Waals surface area contributed by atoms with Gasteiger partial charge in [-0.3, -0.25) is 4.79 Å². The zero-order chi connectivity index (χ0) is 18.2. The fraction of sp³-hybridized carbons (Fsp3) is 0.0417. The Labute approximate surface area is 153 Å². The number of carbonyl (C=O) groups excluding carboxylic acids is 1. The van der Waals surface area contributed by atoms with Gasteiger partial charge in [-0.2, -0.15) is 0 Å². The van der Waals surface area contributed by atoms with E-state index in [0.29, 0.717) is 11.1 Å². The predicted octanol–water partition coefficient (Wildman–Crippen LogP) is 5.01. The van der Waals surface area contributed by atoms with Crippen LogP contribution < -0.4 is 4.74 Å². The number of ketones is 1. The van der Waals surface area contributed by atoms with Crippen molar-refractivity contribution in [2.45, 2.75) is 0 Å². The van der Waals surface area contributed by atoms with Gasteiger partial charge >= 0.3 is 0 Å². The summed E-state index contributed by atoms with van der Waals surface area (Å²) in [5, 5.41) is 0. The lowest BCUT2D eigenvalue weighted by atomic mass is 10.0. The van der Waals surface area contributed by atoms with Gasteiger partial charge < -0.3 is 4.74 Å². The third-order valence-electron chi connectivity index (χ3n) is 3.82. The van der Waals surface area contributed by atoms with Crippen molar-refractivity contribution in [3.05, 3.63) is 107 Å². The molecule has 0 saturated heterocycles. The Morgan fingerprint density at radius 3 is 2.08 bits per heavy atom. The Bertz CT molecular complexity index is 957. The van der Waals surface area contributed by atoms with E-state index in [1.54, 1.807) is 19.2 Å². The minimum Gasteiger partial charge on any atom is -0.497 e. The number of carbonyl (C=O) groups is 1. The number of hydrogen-bond donors (Lipinski definition) is 0. The number of rotatable bonds is 4. The normalized spacial score (nSPS) is 10.6. The fourth-order valence-corrected chi connectivity index (χ4v) is 2.43. The lowest BCUT2D eigenvalue weighted by molar-refractivity contribution is 0.104. The van der Waals surface area contributed by atoms with Crippen LogP contribution in [-0.4, -0.2) is 12.9 Å². The van der Waals surface area contributed by atoms with E-state index in [9.17, 15) is 4.79 Å². The Hall–Kier alpha value is -3.57. The molecule has 0 aliphatic rings. The van der Waals surface area contributed by atoms with Gasteiger partial charge in [0.05, 0.1) is 12.7 Å². The maximum Gasteiger partial charge on any atom is 0.201 e. The van der Waals surface area contributed by atoms with Crippen molar-refractivity contribution in [3.8, 4) is 17.6 Å². The standard InChI is InChI=1S/C24H18O2/c1-26-23-16-13-19(14-17-23)12-15-22(18-20-8-4-2-5-9-20)24(25)21-10-6-3-7-11-21/h2-11,13-14,16-18H,1H3. The maximum absolute atomic E-state index is 12.9. The lowest BCUT2D eigenvalue weighted by Crippen LogP contribution is -2.01. The maximum atomic E-state index is 12.9. The van der Waals surface area contributed by atoms with Gasteiger partial charge in [0.2, 0.25) is 5.78 Å². The largest absolute Gasteiger partial charge is 0.497 e. The summed E-state index contributed by atoms with van der Waals surface area (Å²) in [5.41, 5.74) is 2.85. The minimum absolute atomic E-state index is 0.0875. The molecule has 0 bridgehead atoms. The van der Waals surface area contributed by atoms with Crippen LogP contribution in [0.4, 0.5) is 0 Å². The zero-order valence-electron chi connectivity index (χ0n) is 14.5. The van der Waals surface area contributed by atoms with Crippen molar-refractivity contribution in [2.75, 3.05) is 7.11 Å². The summed E-state index contributed by atoms with van der Waals surface area (Å²) in [4.78, 5) is 12.9. The molecule has 0 unspecified atom stereocenters. The molecule has 0 amide bonds. The summed E-state index contributed by atoms with van der Waals surface area (Å²) >= 11 is 0. The summed E-state index contributed by atoms with van der Waals surface area (Å²) in [5.74, 6) is 6.80. The second-order valence-electron chi connectivity index (χ2n) is 5.64. The first kappa shape index (κ1) is 17.3. The van der Waals surface area contributed by atoms with Gasteiger partial charge in [0, 0.05) is 11.1 Å². The van der Waals surface area contributed by atoms with Crippen molar-refractivity contribution in [2.24, 2.45) is 0 Å². The van der Waals surface area contributed by atoms with Gasteiger partial charge in [0.1, 0.15) is 5.75 Å². The molecule has 3 rings (SSSR count). The molecule has 0 aromatic heterocycles. The van der Waals surface area contributed by atoms with Crippen LogP contribution in [0.2, 0.25) is 0 Å². The molecule has 0 saturated carbocycles. The molecule has 0 aliphatic heterocycles. The molecule has 0 N–H and O–H groups in total. The van der Waals surface area contributed by atoms with Crippen molar-refractivity contribution < 1.29 is 9.53 Å². The summed E-state index contributed by atoms with van der Waals surface area (Å²) in [7, 11) is 1.62. The smallest absolute Gasteiger partial charge is 0.201 e. The number of allylic oxidation sites excluding steroid dienone is 1. The Morgan fingerprint density at radius 1 is 0.846 bits per heavy atom. The summed E-state index contributed by atoms with van der Waals surface area (Å²) < 4.78 is 5.16. The Balaban J connectivity index is 1.97. The van der Waals surface area contributed by atoms with Crippen LogP contribution in [0.3, 0.4) is 0 Å². The lowest BCUT2D eigenvalue weighted by Gasteiger charge is -2.01. The summed E-state index contributed by atoms with van der Waals surface area (Å²) in [6, 6.07) is 26.4. The van der Waals surface area contributed by atoms with Crippen molar-refractivity contribution in [1.29, 1.82) is 0 Å². The van der Waals surface area contributed by atoms with Crippen LogP contribution in [0.15, 0.2) is 90.5 Å². The molecule has 126 valence electrons. The molecule has 0 fully saturated rings. The SMILES string of the molecule is COc1ccc(C#CC(=Cc2ccccc2)C(=O)c2ccccc2)cc1. The van der Waals surface area contributed by atoms with E-state index in [0.717, 1.165) is 16.9 Å². The van der Waals surface area contributed by atoms with Crippen LogP contribution in [0.25, 0.3) is 6.08 Å². The van der Waals surface area contributed by atoms with Crippen LogP contribution in [-0.2, 0) is 0 Å². The first-order valence-electron chi connectivity index (χ1n) is 8.29. The monoisotopic (exact) mass is 338 g/mol. The van der Waals surface area contributed by atoms with Crippen LogP contribution >= 0.6 is 0 Å². The molecule has 0 radical (unpaired) electrons. The number of methoxy groups -OCH3 is 1. The van der Waals surface area contributed by atoms with E-state index in [-0.39, 0.29) is 5.78 Å². The van der Waals surface area contributed by atoms with Crippen LogP contribution in [0.5, 0.6) is 5.75 Å². The Morgan fingerprint density at radius 2 is 1.46 bits per heavy atom. The number of Topliss-reactive ketones (excluding diaryl/α,β-unsaturated/α-hetero) is 1. The van der Waals surface area contributed by atoms with E-state index < -0.39 is 0 Å². The molecule has 26 heavy (non-hydrogen) atoms. The van der Waals surface area contributed by atoms with Gasteiger partial charge in [0.25, 0.3) is 0 Å². The second-order valence-corrected chi connectivity index (χ2v) is 5.64. The quantitative estimate of drug-likeness (QED) is 0.380. The van der Waals surface area contributed by atoms with Crippen LogP contribution in [0.1, 0.15) is 21.5 Å². The molecule has 3 aromatic carbocycles. The molecule has 2 nitrogen and oxygen atoms in total. The van der Waals surface area contributed by atoms with Gasteiger partial charge in [-0.25, -0.2) is 0 Å². The highest BCUT2D eigenvalue weighted by atomic mass is 16.5. The zero-order valence-corrected chi connectivity index (χ0v) is 14.5. The molecule has 0 atom stereocenters. The first-order chi connectivity index (χ1) is 12.8. The van der Waals surface area contributed by atoms with E-state index in [2.05, 4.69) is 11.8 Å². The van der Waals surface area contributed by atoms with E-state index in [1.807, 2.05) is 78.9 Å². The molecule has 0 aliphatic carbocycles. The highest BCUT2D eigenvalue weighted by Crippen LogP contribution is 2.14. The highest BCUT2D eigenvalue weighted by molar-refractivity contribution is 6.14. The second kappa shape index (κ2) is 8.50. The molecule has 0 heterocycles. The van der Waals surface area contributed by atoms with Gasteiger partial charge in [0.15, 0.2) is 0 Å². The Kier molecular flexibility index (Phi) is 5.65. The average Bonchev–Trinajstić information content (AvgIpc) is 2.72. The van der Waals surface area contributed by atoms with Gasteiger partial charge in [-0.15, -0.1) is 0 Å². The fourth-order valence-electron chi connectivity index (χ4n) is 2.43. The number of benzene rings is 3. The van der Waals surface area contributed by atoms with E-state index >= 15 is 0 Å². The first-order valence-corrected chi connectivity index (χ1v) is 8.29. The average molecular weight is 338 g/mol. The predicted molar refractivity (Wildman–Crippen MR) is 105 cm³/mol. The van der Waals surface area contributed by atoms with E-state index in [4.69, 9.17) is 4.74 Å². The summed E-state index contributed by atoms with van der Waals surface area (Å²) in [6.45, 7) is 0. The van der Waals surface area contributed by atoms with E-state index in [1.165, 1.54) is 0 Å². The molecule has 0 spiro atoms. The summed E-state index contributed by atoms with van der Waals surface area (Å²) in [6.07, 6.45) is 1.83. The molecular formula is C24H18O2. The minimum atomic E-state index is -0.0875. The third-order valence-corrected chi connectivity index (χ3v) is 3.82. The van der Waals surface area contributed by atoms with Crippen molar-refractivity contribution in [3.63, 3.8) is 0 Å². The van der Waals surface area contributed by atoms with Crippen molar-refractivity contribution in [1.82, 2.24) is 0 Å². The third kappa shape index (κ3) is 4.49. The molecular weight excluding hydrogens is 320 g/mol.